The summed E-state index contributed by atoms with van der Waals surface area (Å²) >= 11 is 1.39. The van der Waals surface area contributed by atoms with E-state index in [0.717, 1.165) is 12.1 Å². The van der Waals surface area contributed by atoms with Gasteiger partial charge in [0.2, 0.25) is 0 Å². The van der Waals surface area contributed by atoms with Crippen LogP contribution in [0.3, 0.4) is 0 Å². The van der Waals surface area contributed by atoms with Crippen LogP contribution < -0.4 is 5.32 Å². The topological polar surface area (TPSA) is 72.3 Å². The van der Waals surface area contributed by atoms with Crippen LogP contribution in [-0.4, -0.2) is 48.0 Å². The molecular weight excluding hydrogens is 310 g/mol. The van der Waals surface area contributed by atoms with Crippen molar-refractivity contribution in [1.82, 2.24) is 14.8 Å². The molecule has 6 nitrogen and oxygen atoms in total. The number of nitrogens with zero attached hydrogens (tertiary/aromatic N) is 4. The second-order valence-corrected chi connectivity index (χ2v) is 6.20. The Balaban J connectivity index is 2.05. The molecule has 0 radical (unpaired) electrons. The Morgan fingerprint density at radius 3 is 2.61 bits per heavy atom. The number of aromatic nitrogens is 1. The van der Waals surface area contributed by atoms with Crippen LogP contribution >= 0.6 is 11.3 Å². The SMILES string of the molecule is CN(C)CCN(Cc1ccc(C#N)cc1)C(=O)Nc1nccs1. The van der Waals surface area contributed by atoms with Crippen LogP contribution in [0.1, 0.15) is 11.1 Å². The molecule has 1 aromatic heterocycles. The summed E-state index contributed by atoms with van der Waals surface area (Å²) in [5, 5.41) is 14.1. The molecule has 2 amide bonds. The first-order chi connectivity index (χ1) is 11.1. The number of thiazole rings is 1. The summed E-state index contributed by atoms with van der Waals surface area (Å²) in [6, 6.07) is 9.19. The van der Waals surface area contributed by atoms with Crippen LogP contribution in [0.5, 0.6) is 0 Å². The Kier molecular flexibility index (Phi) is 6.09. The Bertz CT molecular complexity index is 661. The Hall–Kier alpha value is -2.43. The summed E-state index contributed by atoms with van der Waals surface area (Å²) in [5.74, 6) is 0. The number of carbonyl (C=O) groups is 1. The second-order valence-electron chi connectivity index (χ2n) is 5.30. The molecule has 7 heteroatoms. The summed E-state index contributed by atoms with van der Waals surface area (Å²) in [5.41, 5.74) is 1.60. The van der Waals surface area contributed by atoms with Gasteiger partial charge in [-0.05, 0) is 31.8 Å². The molecular formula is C16H19N5OS. The summed E-state index contributed by atoms with van der Waals surface area (Å²) in [7, 11) is 3.94. The molecule has 0 saturated heterocycles. The van der Waals surface area contributed by atoms with Crippen molar-refractivity contribution in [3.05, 3.63) is 47.0 Å². The number of nitriles is 1. The van der Waals surface area contributed by atoms with E-state index in [1.54, 1.807) is 23.2 Å². The number of anilines is 1. The highest BCUT2D eigenvalue weighted by Crippen LogP contribution is 2.13. The van der Waals surface area contributed by atoms with Crippen molar-refractivity contribution >= 4 is 22.5 Å². The third-order valence-electron chi connectivity index (χ3n) is 3.21. The maximum Gasteiger partial charge on any atom is 0.323 e. The lowest BCUT2D eigenvalue weighted by atomic mass is 10.1. The van der Waals surface area contributed by atoms with E-state index in [0.29, 0.717) is 23.8 Å². The van der Waals surface area contributed by atoms with Gasteiger partial charge in [0.1, 0.15) is 0 Å². The van der Waals surface area contributed by atoms with Crippen LogP contribution in [0, 0.1) is 11.3 Å². The molecule has 1 aromatic carbocycles. The van der Waals surface area contributed by atoms with Gasteiger partial charge in [0, 0.05) is 31.2 Å². The van der Waals surface area contributed by atoms with Crippen LogP contribution in [-0.2, 0) is 6.54 Å². The van der Waals surface area contributed by atoms with Gasteiger partial charge in [-0.2, -0.15) is 5.26 Å². The van der Waals surface area contributed by atoms with Crippen molar-refractivity contribution in [1.29, 1.82) is 5.26 Å². The van der Waals surface area contributed by atoms with Gasteiger partial charge in [-0.15, -0.1) is 11.3 Å². The number of urea groups is 1. The van der Waals surface area contributed by atoms with Crippen LogP contribution in [0.2, 0.25) is 0 Å². The lowest BCUT2D eigenvalue weighted by Gasteiger charge is -2.24. The lowest BCUT2D eigenvalue weighted by molar-refractivity contribution is 0.202. The van der Waals surface area contributed by atoms with Gasteiger partial charge in [-0.1, -0.05) is 12.1 Å². The van der Waals surface area contributed by atoms with E-state index < -0.39 is 0 Å². The Labute approximate surface area is 140 Å². The van der Waals surface area contributed by atoms with Crippen molar-refractivity contribution in [3.63, 3.8) is 0 Å². The summed E-state index contributed by atoms with van der Waals surface area (Å²) < 4.78 is 0. The van der Waals surface area contributed by atoms with Gasteiger partial charge in [0.15, 0.2) is 5.13 Å². The minimum absolute atomic E-state index is 0.175. The normalized spacial score (nSPS) is 10.3. The standard InChI is InChI=1S/C16H19N5OS/c1-20(2)8-9-21(16(22)19-15-18-7-10-23-15)12-14-5-3-13(11-17)4-6-14/h3-7,10H,8-9,12H2,1-2H3,(H,18,19,22). The fraction of sp³-hybridized carbons (Fsp3) is 0.312. The molecule has 2 aromatic rings. The molecule has 1 heterocycles. The van der Waals surface area contributed by atoms with Crippen molar-refractivity contribution in [2.75, 3.05) is 32.5 Å². The van der Waals surface area contributed by atoms with E-state index in [1.165, 1.54) is 11.3 Å². The van der Waals surface area contributed by atoms with Gasteiger partial charge < -0.3 is 9.80 Å². The third kappa shape index (κ3) is 5.36. The zero-order valence-corrected chi connectivity index (χ0v) is 14.0. The van der Waals surface area contributed by atoms with E-state index in [9.17, 15) is 4.79 Å². The molecule has 0 aliphatic heterocycles. The molecule has 120 valence electrons. The predicted octanol–water partition coefficient (Wildman–Crippen LogP) is 2.61. The molecule has 0 fully saturated rings. The number of hydrogen-bond donors (Lipinski definition) is 1. The maximum absolute atomic E-state index is 12.5. The first-order valence-corrected chi connectivity index (χ1v) is 8.05. The molecule has 0 aliphatic rings. The number of benzene rings is 1. The van der Waals surface area contributed by atoms with Crippen molar-refractivity contribution in [2.45, 2.75) is 6.54 Å². The van der Waals surface area contributed by atoms with Crippen molar-refractivity contribution in [3.8, 4) is 6.07 Å². The second kappa shape index (κ2) is 8.27. The fourth-order valence-electron chi connectivity index (χ4n) is 1.93. The Morgan fingerprint density at radius 1 is 1.30 bits per heavy atom. The van der Waals surface area contributed by atoms with E-state index in [4.69, 9.17) is 5.26 Å². The van der Waals surface area contributed by atoms with Gasteiger partial charge in [-0.25, -0.2) is 9.78 Å². The average molecular weight is 329 g/mol. The fourth-order valence-corrected chi connectivity index (χ4v) is 2.45. The van der Waals surface area contributed by atoms with Crippen molar-refractivity contribution < 1.29 is 4.79 Å². The molecule has 1 N–H and O–H groups in total. The summed E-state index contributed by atoms with van der Waals surface area (Å²) in [4.78, 5) is 20.3. The van der Waals surface area contributed by atoms with E-state index in [1.807, 2.05) is 36.5 Å². The van der Waals surface area contributed by atoms with Gasteiger partial charge in [-0.3, -0.25) is 5.32 Å². The zero-order valence-electron chi connectivity index (χ0n) is 13.2. The summed E-state index contributed by atoms with van der Waals surface area (Å²) in [6.45, 7) is 1.85. The monoisotopic (exact) mass is 329 g/mol. The van der Waals surface area contributed by atoms with Crippen LogP contribution in [0.15, 0.2) is 35.8 Å². The number of carbonyl (C=O) groups excluding carboxylic acids is 1. The number of rotatable bonds is 6. The molecule has 0 spiro atoms. The minimum atomic E-state index is -0.175. The predicted molar refractivity (Wildman–Crippen MR) is 91.3 cm³/mol. The molecule has 23 heavy (non-hydrogen) atoms. The third-order valence-corrected chi connectivity index (χ3v) is 3.90. The minimum Gasteiger partial charge on any atom is -0.319 e. The Morgan fingerprint density at radius 2 is 2.04 bits per heavy atom. The smallest absolute Gasteiger partial charge is 0.319 e. The van der Waals surface area contributed by atoms with E-state index in [-0.39, 0.29) is 6.03 Å². The molecule has 0 atom stereocenters. The highest BCUT2D eigenvalue weighted by atomic mass is 32.1. The first kappa shape index (κ1) is 16.9. The summed E-state index contributed by atoms with van der Waals surface area (Å²) in [6.07, 6.45) is 1.66. The molecule has 0 unspecified atom stereocenters. The van der Waals surface area contributed by atoms with Gasteiger partial charge in [0.25, 0.3) is 0 Å². The van der Waals surface area contributed by atoms with Gasteiger partial charge >= 0.3 is 6.03 Å². The molecule has 0 aliphatic carbocycles. The molecule has 2 rings (SSSR count). The average Bonchev–Trinajstić information content (AvgIpc) is 3.04. The lowest BCUT2D eigenvalue weighted by Crippen LogP contribution is -2.39. The van der Waals surface area contributed by atoms with Gasteiger partial charge in [0.05, 0.1) is 11.6 Å². The van der Waals surface area contributed by atoms with E-state index >= 15 is 0 Å². The van der Waals surface area contributed by atoms with E-state index in [2.05, 4.69) is 16.4 Å². The van der Waals surface area contributed by atoms with Crippen LogP contribution in [0.25, 0.3) is 0 Å². The number of amides is 2. The molecule has 0 saturated carbocycles. The highest BCUT2D eigenvalue weighted by Gasteiger charge is 2.15. The van der Waals surface area contributed by atoms with Crippen LogP contribution in [0.4, 0.5) is 9.93 Å². The number of likely N-dealkylation sites (N-methyl/N-ethyl adjacent to an activating group) is 1. The maximum atomic E-state index is 12.5. The number of hydrogen-bond acceptors (Lipinski definition) is 5. The largest absolute Gasteiger partial charge is 0.323 e. The van der Waals surface area contributed by atoms with Crippen molar-refractivity contribution in [2.24, 2.45) is 0 Å². The first-order valence-electron chi connectivity index (χ1n) is 7.17. The zero-order chi connectivity index (χ0) is 16.7. The molecule has 0 bridgehead atoms. The number of nitrogens with one attached hydrogen (secondary N) is 1. The quantitative estimate of drug-likeness (QED) is 0.884. The highest BCUT2D eigenvalue weighted by molar-refractivity contribution is 7.13.